The second kappa shape index (κ2) is 7.49. The van der Waals surface area contributed by atoms with Crippen LogP contribution in [-0.2, 0) is 14.7 Å². The molecule has 2 atom stereocenters. The van der Waals surface area contributed by atoms with Gasteiger partial charge < -0.3 is 9.31 Å². The Morgan fingerprint density at radius 3 is 1.71 bits per heavy atom. The van der Waals surface area contributed by atoms with Crippen LogP contribution in [0.5, 0.6) is 0 Å². The predicted molar refractivity (Wildman–Crippen MR) is 132 cm³/mol. The largest absolute Gasteiger partial charge is 0.465 e. The summed E-state index contributed by atoms with van der Waals surface area (Å²) in [5.41, 5.74) is 7.82. The van der Waals surface area contributed by atoms with Crippen molar-refractivity contribution in [1.29, 1.82) is 0 Å². The van der Waals surface area contributed by atoms with E-state index in [-0.39, 0.29) is 29.6 Å². The molecule has 2 aliphatic rings. The second-order valence-electron chi connectivity index (χ2n) is 11.2. The van der Waals surface area contributed by atoms with Crippen molar-refractivity contribution < 1.29 is 9.31 Å². The molecule has 31 heavy (non-hydrogen) atoms. The Balaban J connectivity index is 1.72. The van der Waals surface area contributed by atoms with E-state index in [9.17, 15) is 0 Å². The average Bonchev–Trinajstić information content (AvgIpc) is 3.07. The van der Waals surface area contributed by atoms with Crippen LogP contribution >= 0.6 is 0 Å². The quantitative estimate of drug-likeness (QED) is 0.465. The van der Waals surface area contributed by atoms with Crippen molar-refractivity contribution in [3.05, 3.63) is 58.7 Å². The number of hydrogen-bond acceptors (Lipinski definition) is 2. The van der Waals surface area contributed by atoms with E-state index < -0.39 is 0 Å². The van der Waals surface area contributed by atoms with Crippen LogP contribution in [0.25, 0.3) is 11.1 Å². The maximum absolute atomic E-state index is 6.44. The Bertz CT molecular complexity index is 973. The summed E-state index contributed by atoms with van der Waals surface area (Å²) in [5.74, 6) is 0.815. The highest BCUT2D eigenvalue weighted by Crippen LogP contribution is 2.51. The predicted octanol–water partition coefficient (Wildman–Crippen LogP) is 7.63. The normalized spacial score (nSPS) is 22.2. The van der Waals surface area contributed by atoms with Gasteiger partial charge in [-0.15, -0.1) is 0 Å². The van der Waals surface area contributed by atoms with Crippen molar-refractivity contribution in [3.8, 4) is 11.1 Å². The lowest BCUT2D eigenvalue weighted by Crippen LogP contribution is -2.41. The number of rotatable bonds is 5. The summed E-state index contributed by atoms with van der Waals surface area (Å²) in [5, 5.41) is 0. The van der Waals surface area contributed by atoms with Gasteiger partial charge in [-0.25, -0.2) is 0 Å². The molecule has 166 valence electrons. The Morgan fingerprint density at radius 2 is 1.23 bits per heavy atom. The van der Waals surface area contributed by atoms with Gasteiger partial charge in [-0.1, -0.05) is 77.4 Å². The molecule has 0 amide bonds. The van der Waals surface area contributed by atoms with Crippen molar-refractivity contribution in [2.75, 3.05) is 0 Å². The molecule has 2 unspecified atom stereocenters. The van der Waals surface area contributed by atoms with E-state index >= 15 is 0 Å². The van der Waals surface area contributed by atoms with Gasteiger partial charge in [0, 0.05) is 11.2 Å². The van der Waals surface area contributed by atoms with Crippen LogP contribution in [0.15, 0.2) is 36.4 Å². The monoisotopic (exact) mass is 418 g/mol. The van der Waals surface area contributed by atoms with E-state index in [2.05, 4.69) is 98.7 Å². The molecular formula is C28H39BO2. The van der Waals surface area contributed by atoms with Crippen LogP contribution in [-0.4, -0.2) is 18.3 Å². The molecule has 1 saturated heterocycles. The molecule has 2 aromatic rings. The zero-order chi connectivity index (χ0) is 22.8. The van der Waals surface area contributed by atoms with Crippen LogP contribution in [0.2, 0.25) is 0 Å². The number of hydrogen-bond donors (Lipinski definition) is 0. The lowest BCUT2D eigenvalue weighted by Gasteiger charge is -2.32. The zero-order valence-electron chi connectivity index (χ0n) is 20.9. The lowest BCUT2D eigenvalue weighted by molar-refractivity contribution is 0.00578. The standard InChI is InChI=1S/C28H39BO2/c1-10-18(3)19-12-14-21-22-15-13-20(17-24(22)26(4,5)23(21)16-19)25(11-2)29-30-27(6,7)28(8,9)31-29/h12-18,25H,10-11H2,1-9H3. The van der Waals surface area contributed by atoms with Gasteiger partial charge in [0.2, 0.25) is 0 Å². The molecule has 1 aliphatic heterocycles. The summed E-state index contributed by atoms with van der Waals surface area (Å²) >= 11 is 0. The second-order valence-corrected chi connectivity index (χ2v) is 11.2. The van der Waals surface area contributed by atoms with Crippen LogP contribution in [0.4, 0.5) is 0 Å². The van der Waals surface area contributed by atoms with E-state index in [4.69, 9.17) is 9.31 Å². The Kier molecular flexibility index (Phi) is 5.46. The molecule has 2 aromatic carbocycles. The minimum Gasteiger partial charge on any atom is -0.403 e. The van der Waals surface area contributed by atoms with Gasteiger partial charge >= 0.3 is 7.12 Å². The first-order valence-electron chi connectivity index (χ1n) is 12.1. The Hall–Kier alpha value is -1.58. The number of fused-ring (bicyclic) bond motifs is 3. The third-order valence-electron chi connectivity index (χ3n) is 8.37. The van der Waals surface area contributed by atoms with Gasteiger partial charge in [-0.2, -0.15) is 0 Å². The lowest BCUT2D eigenvalue weighted by atomic mass is 9.65. The summed E-state index contributed by atoms with van der Waals surface area (Å²) in [6.07, 6.45) is 2.16. The van der Waals surface area contributed by atoms with Crippen molar-refractivity contribution in [1.82, 2.24) is 0 Å². The summed E-state index contributed by atoms with van der Waals surface area (Å²) < 4.78 is 12.9. The molecule has 2 nitrogen and oxygen atoms in total. The van der Waals surface area contributed by atoms with E-state index in [1.807, 2.05) is 0 Å². The third-order valence-corrected chi connectivity index (χ3v) is 8.37. The third kappa shape index (κ3) is 3.49. The summed E-state index contributed by atoms with van der Waals surface area (Å²) in [6.45, 7) is 20.1. The van der Waals surface area contributed by atoms with Crippen molar-refractivity contribution in [3.63, 3.8) is 0 Å². The van der Waals surface area contributed by atoms with Crippen LogP contribution in [0.1, 0.15) is 109 Å². The molecule has 0 N–H and O–H groups in total. The Labute approximate surface area is 189 Å². The molecule has 0 aromatic heterocycles. The molecule has 0 radical (unpaired) electrons. The van der Waals surface area contributed by atoms with Gasteiger partial charge in [-0.3, -0.25) is 0 Å². The average molecular weight is 418 g/mol. The van der Waals surface area contributed by atoms with E-state index in [1.165, 1.54) is 39.8 Å². The van der Waals surface area contributed by atoms with Crippen LogP contribution < -0.4 is 0 Å². The highest BCUT2D eigenvalue weighted by molar-refractivity contribution is 6.47. The number of benzene rings is 2. The molecule has 0 bridgehead atoms. The Morgan fingerprint density at radius 1 is 0.742 bits per heavy atom. The maximum Gasteiger partial charge on any atom is 0.465 e. The van der Waals surface area contributed by atoms with Crippen molar-refractivity contribution in [2.45, 2.75) is 104 Å². The van der Waals surface area contributed by atoms with Crippen LogP contribution in [0.3, 0.4) is 0 Å². The van der Waals surface area contributed by atoms with Gasteiger partial charge in [0.05, 0.1) is 11.2 Å². The van der Waals surface area contributed by atoms with Gasteiger partial charge in [0.25, 0.3) is 0 Å². The van der Waals surface area contributed by atoms with Gasteiger partial charge in [-0.05, 0) is 73.4 Å². The molecule has 0 saturated carbocycles. The molecule has 1 heterocycles. The highest BCUT2D eigenvalue weighted by atomic mass is 16.7. The summed E-state index contributed by atoms with van der Waals surface area (Å²) in [7, 11) is -0.211. The highest BCUT2D eigenvalue weighted by Gasteiger charge is 2.53. The zero-order valence-corrected chi connectivity index (χ0v) is 20.9. The van der Waals surface area contributed by atoms with E-state index in [0.717, 1.165) is 6.42 Å². The molecule has 0 spiro atoms. The van der Waals surface area contributed by atoms with E-state index in [0.29, 0.717) is 5.92 Å². The molecule has 1 aliphatic carbocycles. The molecular weight excluding hydrogens is 379 g/mol. The fourth-order valence-electron chi connectivity index (χ4n) is 5.18. The van der Waals surface area contributed by atoms with Crippen molar-refractivity contribution >= 4 is 7.12 Å². The van der Waals surface area contributed by atoms with Gasteiger partial charge in [0.15, 0.2) is 0 Å². The SMILES string of the molecule is CCC(C)c1ccc2c(c1)C(C)(C)c1cc(C(CC)B3OC(C)(C)C(C)(C)O3)ccc1-2. The topological polar surface area (TPSA) is 18.5 Å². The first-order chi connectivity index (χ1) is 14.4. The fourth-order valence-corrected chi connectivity index (χ4v) is 5.18. The maximum atomic E-state index is 6.44. The van der Waals surface area contributed by atoms with E-state index in [1.54, 1.807) is 0 Å². The first kappa shape index (κ1) is 22.6. The van der Waals surface area contributed by atoms with Crippen molar-refractivity contribution in [2.24, 2.45) is 0 Å². The summed E-state index contributed by atoms with van der Waals surface area (Å²) in [4.78, 5) is 0. The smallest absolute Gasteiger partial charge is 0.403 e. The molecule has 1 fully saturated rings. The summed E-state index contributed by atoms with van der Waals surface area (Å²) in [6, 6.07) is 14.2. The van der Waals surface area contributed by atoms with Crippen LogP contribution in [0, 0.1) is 0 Å². The van der Waals surface area contributed by atoms with Gasteiger partial charge in [0.1, 0.15) is 0 Å². The minimum absolute atomic E-state index is 0.00162. The first-order valence-corrected chi connectivity index (χ1v) is 12.1. The fraction of sp³-hybridized carbons (Fsp3) is 0.571. The molecule has 4 rings (SSSR count). The molecule has 3 heteroatoms. The minimum atomic E-state index is -0.302.